The van der Waals surface area contributed by atoms with E-state index < -0.39 is 0 Å². The number of rotatable bonds is 4. The molecule has 1 aromatic carbocycles. The second-order valence-electron chi connectivity index (χ2n) is 4.00. The fourth-order valence-corrected chi connectivity index (χ4v) is 1.83. The third kappa shape index (κ3) is 3.29. The largest absolute Gasteiger partial charge is 0.376 e. The Balaban J connectivity index is 1.73. The van der Waals surface area contributed by atoms with Gasteiger partial charge >= 0.3 is 0 Å². The van der Waals surface area contributed by atoms with E-state index in [0.717, 1.165) is 25.3 Å². The van der Waals surface area contributed by atoms with Crippen LogP contribution in [0.5, 0.6) is 0 Å². The topological polar surface area (TPSA) is 21.3 Å². The third-order valence-electron chi connectivity index (χ3n) is 2.67. The second-order valence-corrected chi connectivity index (χ2v) is 4.00. The minimum absolute atomic E-state index is 0.196. The van der Waals surface area contributed by atoms with Crippen molar-refractivity contribution in [3.63, 3.8) is 0 Å². The van der Waals surface area contributed by atoms with Gasteiger partial charge in [-0.1, -0.05) is 12.1 Å². The molecule has 0 radical (unpaired) electrons. The first-order valence-corrected chi connectivity index (χ1v) is 5.37. The molecule has 0 spiro atoms. The van der Waals surface area contributed by atoms with E-state index >= 15 is 0 Å². The first kappa shape index (κ1) is 10.6. The van der Waals surface area contributed by atoms with Crippen LogP contribution in [0.3, 0.4) is 0 Å². The first-order chi connectivity index (χ1) is 7.34. The van der Waals surface area contributed by atoms with Crippen molar-refractivity contribution in [3.8, 4) is 0 Å². The van der Waals surface area contributed by atoms with Crippen molar-refractivity contribution >= 4 is 0 Å². The highest BCUT2D eigenvalue weighted by atomic mass is 19.1. The lowest BCUT2D eigenvalue weighted by molar-refractivity contribution is 0.0923. The van der Waals surface area contributed by atoms with Gasteiger partial charge in [-0.05, 0) is 36.6 Å². The van der Waals surface area contributed by atoms with E-state index in [-0.39, 0.29) is 5.82 Å². The molecule has 0 aliphatic carbocycles. The quantitative estimate of drug-likeness (QED) is 0.818. The Hall–Kier alpha value is -0.930. The molecule has 15 heavy (non-hydrogen) atoms. The fraction of sp³-hybridized carbons (Fsp3) is 0.500. The molecule has 1 aromatic rings. The smallest absolute Gasteiger partial charge is 0.123 e. The summed E-state index contributed by atoms with van der Waals surface area (Å²) in [7, 11) is 0. The van der Waals surface area contributed by atoms with Crippen LogP contribution in [0.15, 0.2) is 24.3 Å². The van der Waals surface area contributed by atoms with Gasteiger partial charge in [-0.2, -0.15) is 0 Å². The zero-order valence-corrected chi connectivity index (χ0v) is 8.71. The zero-order chi connectivity index (χ0) is 10.5. The Morgan fingerprint density at radius 3 is 3.13 bits per heavy atom. The molecule has 3 heteroatoms. The van der Waals surface area contributed by atoms with Gasteiger partial charge in [-0.15, -0.1) is 0 Å². The number of ether oxygens (including phenoxy) is 1. The molecule has 0 aromatic heterocycles. The molecule has 1 saturated heterocycles. The highest BCUT2D eigenvalue weighted by molar-refractivity contribution is 5.15. The number of nitrogens with one attached hydrogen (secondary N) is 1. The van der Waals surface area contributed by atoms with Gasteiger partial charge in [0, 0.05) is 6.54 Å². The van der Waals surface area contributed by atoms with Gasteiger partial charge in [-0.25, -0.2) is 4.39 Å². The summed E-state index contributed by atoms with van der Waals surface area (Å²) in [6, 6.07) is 6.57. The molecular formula is C12H16FNO. The van der Waals surface area contributed by atoms with Crippen molar-refractivity contribution in [2.75, 3.05) is 19.7 Å². The van der Waals surface area contributed by atoms with Crippen molar-refractivity contribution in [2.24, 2.45) is 5.92 Å². The van der Waals surface area contributed by atoms with Crippen LogP contribution in [0.1, 0.15) is 12.0 Å². The summed E-state index contributed by atoms with van der Waals surface area (Å²) >= 11 is 0. The van der Waals surface area contributed by atoms with Crippen molar-refractivity contribution in [2.45, 2.75) is 13.0 Å². The molecule has 1 fully saturated rings. The van der Waals surface area contributed by atoms with E-state index in [0.29, 0.717) is 12.5 Å². The van der Waals surface area contributed by atoms with Gasteiger partial charge in [0.2, 0.25) is 0 Å². The van der Waals surface area contributed by atoms with E-state index in [1.165, 1.54) is 18.6 Å². The molecule has 1 N–H and O–H groups in total. The molecule has 2 nitrogen and oxygen atoms in total. The molecule has 1 heterocycles. The molecular weight excluding hydrogens is 193 g/mol. The Labute approximate surface area is 89.4 Å². The maximum Gasteiger partial charge on any atom is 0.123 e. The molecule has 2 rings (SSSR count). The third-order valence-corrected chi connectivity index (χ3v) is 2.67. The molecule has 1 aliphatic rings. The lowest BCUT2D eigenvalue weighted by Crippen LogP contribution is -2.13. The minimum Gasteiger partial charge on any atom is -0.376 e. The van der Waals surface area contributed by atoms with E-state index in [2.05, 4.69) is 5.32 Å². The van der Waals surface area contributed by atoms with Crippen molar-refractivity contribution in [3.05, 3.63) is 35.6 Å². The van der Waals surface area contributed by atoms with E-state index in [9.17, 15) is 4.39 Å². The summed E-state index contributed by atoms with van der Waals surface area (Å²) in [5.74, 6) is 0.428. The first-order valence-electron chi connectivity index (χ1n) is 5.37. The predicted octanol–water partition coefficient (Wildman–Crippen LogP) is 1.95. The van der Waals surface area contributed by atoms with Gasteiger partial charge in [0.15, 0.2) is 0 Å². The molecule has 1 aliphatic heterocycles. The summed E-state index contributed by atoms with van der Waals surface area (Å²) in [5.41, 5.74) is 0.904. The monoisotopic (exact) mass is 209 g/mol. The molecule has 0 saturated carbocycles. The Kier molecular flexibility index (Phi) is 3.69. The summed E-state index contributed by atoms with van der Waals surface area (Å²) in [6.45, 7) is 3.41. The molecule has 1 atom stereocenters. The van der Waals surface area contributed by atoms with Crippen molar-refractivity contribution in [1.82, 2.24) is 5.32 Å². The maximum absolute atomic E-state index is 12.8. The molecule has 82 valence electrons. The average Bonchev–Trinajstić information content (AvgIpc) is 2.71. The van der Waals surface area contributed by atoms with Crippen molar-refractivity contribution < 1.29 is 9.13 Å². The number of hydrogen-bond acceptors (Lipinski definition) is 2. The summed E-state index contributed by atoms with van der Waals surface area (Å²) in [5, 5.41) is 3.29. The summed E-state index contributed by atoms with van der Waals surface area (Å²) in [6.07, 6.45) is 1.18. The van der Waals surface area contributed by atoms with Crippen LogP contribution in [0, 0.1) is 11.7 Å². The van der Waals surface area contributed by atoms with E-state index in [1.54, 1.807) is 6.07 Å². The van der Waals surface area contributed by atoms with Gasteiger partial charge in [-0.3, -0.25) is 0 Å². The van der Waals surface area contributed by atoms with Crippen LogP contribution in [-0.4, -0.2) is 19.7 Å². The lowest BCUT2D eigenvalue weighted by Gasteiger charge is -2.09. The highest BCUT2D eigenvalue weighted by Gasteiger charge is 2.13. The average molecular weight is 209 g/mol. The minimum atomic E-state index is -0.196. The standard InChI is InChI=1S/C12H16FNO/c13-12-3-1-2-10(6-12)8-15-9-11-4-5-14-7-11/h1-3,6,11,14H,4-5,7-9H2. The van der Waals surface area contributed by atoms with Crippen molar-refractivity contribution in [1.29, 1.82) is 0 Å². The van der Waals surface area contributed by atoms with E-state index in [1.807, 2.05) is 6.07 Å². The normalized spacial score (nSPS) is 20.7. The SMILES string of the molecule is Fc1cccc(COCC2CCNC2)c1. The maximum atomic E-state index is 12.8. The Morgan fingerprint density at radius 1 is 1.47 bits per heavy atom. The highest BCUT2D eigenvalue weighted by Crippen LogP contribution is 2.10. The van der Waals surface area contributed by atoms with Crippen LogP contribution in [0.2, 0.25) is 0 Å². The van der Waals surface area contributed by atoms with Gasteiger partial charge in [0.1, 0.15) is 5.82 Å². The van der Waals surface area contributed by atoms with Gasteiger partial charge in [0.25, 0.3) is 0 Å². The van der Waals surface area contributed by atoms with Crippen LogP contribution >= 0.6 is 0 Å². The number of benzene rings is 1. The Bertz CT molecular complexity index is 310. The van der Waals surface area contributed by atoms with Crippen LogP contribution < -0.4 is 5.32 Å². The molecule has 0 bridgehead atoms. The zero-order valence-electron chi connectivity index (χ0n) is 8.71. The molecule has 1 unspecified atom stereocenters. The number of hydrogen-bond donors (Lipinski definition) is 1. The summed E-state index contributed by atoms with van der Waals surface area (Å²) in [4.78, 5) is 0. The number of halogens is 1. The van der Waals surface area contributed by atoms with Crippen LogP contribution in [0.25, 0.3) is 0 Å². The Morgan fingerprint density at radius 2 is 2.40 bits per heavy atom. The van der Waals surface area contributed by atoms with Crippen LogP contribution in [-0.2, 0) is 11.3 Å². The molecule has 0 amide bonds. The lowest BCUT2D eigenvalue weighted by atomic mass is 10.1. The van der Waals surface area contributed by atoms with Gasteiger partial charge in [0.05, 0.1) is 13.2 Å². The van der Waals surface area contributed by atoms with E-state index in [4.69, 9.17) is 4.74 Å². The van der Waals surface area contributed by atoms with Crippen LogP contribution in [0.4, 0.5) is 4.39 Å². The second kappa shape index (κ2) is 5.24. The van der Waals surface area contributed by atoms with Gasteiger partial charge < -0.3 is 10.1 Å². The predicted molar refractivity (Wildman–Crippen MR) is 57.0 cm³/mol. The fourth-order valence-electron chi connectivity index (χ4n) is 1.83. The summed E-state index contributed by atoms with van der Waals surface area (Å²) < 4.78 is 18.4.